The third-order valence-electron chi connectivity index (χ3n) is 3.16. The van der Waals surface area contributed by atoms with Gasteiger partial charge in [0.1, 0.15) is 6.10 Å². The number of pyridine rings is 1. The fourth-order valence-corrected chi connectivity index (χ4v) is 2.01. The van der Waals surface area contributed by atoms with Crippen molar-refractivity contribution in [2.75, 3.05) is 20.1 Å². The van der Waals surface area contributed by atoms with Gasteiger partial charge in [-0.3, -0.25) is 0 Å². The number of aryl methyl sites for hydroxylation is 1. The largest absolute Gasteiger partial charge is 0.474 e. The van der Waals surface area contributed by atoms with Crippen LogP contribution in [0.4, 0.5) is 0 Å². The van der Waals surface area contributed by atoms with Crippen molar-refractivity contribution >= 4 is 0 Å². The van der Waals surface area contributed by atoms with Gasteiger partial charge in [0, 0.05) is 25.4 Å². The zero-order valence-corrected chi connectivity index (χ0v) is 10.1. The van der Waals surface area contributed by atoms with Crippen molar-refractivity contribution < 1.29 is 4.74 Å². The minimum atomic E-state index is 0.343. The molecular weight excluding hydrogens is 200 g/mol. The molecule has 1 aliphatic heterocycles. The van der Waals surface area contributed by atoms with Crippen molar-refractivity contribution in [1.82, 2.24) is 9.88 Å². The van der Waals surface area contributed by atoms with Crippen molar-refractivity contribution in [1.29, 1.82) is 0 Å². The van der Waals surface area contributed by atoms with E-state index in [1.54, 1.807) is 0 Å². The summed E-state index contributed by atoms with van der Waals surface area (Å²) in [7, 11) is 2.16. The first kappa shape index (κ1) is 11.4. The molecule has 0 spiro atoms. The van der Waals surface area contributed by atoms with Crippen LogP contribution in [0.3, 0.4) is 0 Å². The minimum Gasteiger partial charge on any atom is -0.474 e. The summed E-state index contributed by atoms with van der Waals surface area (Å²) < 4.78 is 5.91. The molecule has 3 nitrogen and oxygen atoms in total. The fourth-order valence-electron chi connectivity index (χ4n) is 2.01. The van der Waals surface area contributed by atoms with Gasteiger partial charge in [0.25, 0.3) is 0 Å². The molecule has 0 aromatic carbocycles. The number of ether oxygens (including phenoxy) is 1. The molecule has 0 atom stereocenters. The lowest BCUT2D eigenvalue weighted by molar-refractivity contribution is 0.110. The van der Waals surface area contributed by atoms with E-state index in [4.69, 9.17) is 4.74 Å². The van der Waals surface area contributed by atoms with Crippen molar-refractivity contribution in [2.45, 2.75) is 32.3 Å². The van der Waals surface area contributed by atoms with Gasteiger partial charge < -0.3 is 9.64 Å². The summed E-state index contributed by atoms with van der Waals surface area (Å²) >= 11 is 0. The van der Waals surface area contributed by atoms with Crippen LogP contribution in [0, 0.1) is 0 Å². The van der Waals surface area contributed by atoms with E-state index < -0.39 is 0 Å². The minimum absolute atomic E-state index is 0.343. The Morgan fingerprint density at radius 3 is 2.88 bits per heavy atom. The molecule has 1 aromatic heterocycles. The van der Waals surface area contributed by atoms with E-state index in [2.05, 4.69) is 29.9 Å². The second-order valence-electron chi connectivity index (χ2n) is 4.48. The van der Waals surface area contributed by atoms with Crippen LogP contribution in [0.2, 0.25) is 0 Å². The number of hydrogen-bond acceptors (Lipinski definition) is 3. The van der Waals surface area contributed by atoms with Crippen LogP contribution >= 0.6 is 0 Å². The molecule has 88 valence electrons. The van der Waals surface area contributed by atoms with E-state index in [-0.39, 0.29) is 0 Å². The maximum absolute atomic E-state index is 5.91. The highest BCUT2D eigenvalue weighted by atomic mass is 16.5. The first-order valence-electron chi connectivity index (χ1n) is 6.08. The van der Waals surface area contributed by atoms with E-state index in [9.17, 15) is 0 Å². The lowest BCUT2D eigenvalue weighted by Gasteiger charge is -2.28. The first-order valence-corrected chi connectivity index (χ1v) is 6.08. The van der Waals surface area contributed by atoms with Crippen LogP contribution in [0.1, 0.15) is 25.3 Å². The Labute approximate surface area is 97.4 Å². The molecule has 0 amide bonds. The molecule has 0 saturated carbocycles. The van der Waals surface area contributed by atoms with E-state index in [1.807, 2.05) is 12.3 Å². The smallest absolute Gasteiger partial charge is 0.213 e. The molecule has 0 unspecified atom stereocenters. The second-order valence-corrected chi connectivity index (χ2v) is 4.48. The van der Waals surface area contributed by atoms with Crippen LogP contribution in [0.15, 0.2) is 18.3 Å². The highest BCUT2D eigenvalue weighted by Gasteiger charge is 2.18. The van der Waals surface area contributed by atoms with Gasteiger partial charge in [0.05, 0.1) is 0 Å². The van der Waals surface area contributed by atoms with Crippen LogP contribution in [-0.2, 0) is 6.42 Å². The van der Waals surface area contributed by atoms with Crippen molar-refractivity contribution in [3.8, 4) is 5.88 Å². The topological polar surface area (TPSA) is 25.4 Å². The van der Waals surface area contributed by atoms with Gasteiger partial charge in [-0.15, -0.1) is 0 Å². The third kappa shape index (κ3) is 2.95. The standard InChI is InChI=1S/C13H20N2O/c1-3-11-4-7-14-13(10-11)16-12-5-8-15(2)9-6-12/h4,7,10,12H,3,5-6,8-9H2,1-2H3. The van der Waals surface area contributed by atoms with Gasteiger partial charge in [-0.2, -0.15) is 0 Å². The summed E-state index contributed by atoms with van der Waals surface area (Å²) in [6.07, 6.45) is 5.43. The Morgan fingerprint density at radius 2 is 2.19 bits per heavy atom. The number of hydrogen-bond donors (Lipinski definition) is 0. The number of likely N-dealkylation sites (tertiary alicyclic amines) is 1. The maximum Gasteiger partial charge on any atom is 0.213 e. The number of aromatic nitrogens is 1. The number of piperidine rings is 1. The quantitative estimate of drug-likeness (QED) is 0.780. The van der Waals surface area contributed by atoms with Crippen LogP contribution in [0.25, 0.3) is 0 Å². The Kier molecular flexibility index (Phi) is 3.78. The summed E-state index contributed by atoms with van der Waals surface area (Å²) in [4.78, 5) is 6.61. The highest BCUT2D eigenvalue weighted by Crippen LogP contribution is 2.17. The zero-order chi connectivity index (χ0) is 11.4. The summed E-state index contributed by atoms with van der Waals surface area (Å²) in [6, 6.07) is 4.10. The van der Waals surface area contributed by atoms with Crippen LogP contribution in [0.5, 0.6) is 5.88 Å². The van der Waals surface area contributed by atoms with Gasteiger partial charge in [0.15, 0.2) is 0 Å². The molecule has 1 fully saturated rings. The SMILES string of the molecule is CCc1ccnc(OC2CCN(C)CC2)c1. The summed E-state index contributed by atoms with van der Waals surface area (Å²) in [6.45, 7) is 4.39. The Hall–Kier alpha value is -1.09. The van der Waals surface area contributed by atoms with Crippen LogP contribution in [-0.4, -0.2) is 36.1 Å². The van der Waals surface area contributed by atoms with E-state index in [1.165, 1.54) is 5.56 Å². The van der Waals surface area contributed by atoms with Crippen molar-refractivity contribution in [3.05, 3.63) is 23.9 Å². The number of nitrogens with zero attached hydrogens (tertiary/aromatic N) is 2. The molecule has 0 aliphatic carbocycles. The van der Waals surface area contributed by atoms with Gasteiger partial charge in [-0.1, -0.05) is 6.92 Å². The molecular formula is C13H20N2O. The molecule has 3 heteroatoms. The molecule has 1 aromatic rings. The van der Waals surface area contributed by atoms with Crippen molar-refractivity contribution in [3.63, 3.8) is 0 Å². The molecule has 0 bridgehead atoms. The molecule has 0 radical (unpaired) electrons. The van der Waals surface area contributed by atoms with Gasteiger partial charge in [-0.25, -0.2) is 4.98 Å². The molecule has 1 aliphatic rings. The van der Waals surface area contributed by atoms with E-state index in [0.717, 1.165) is 38.2 Å². The Balaban J connectivity index is 1.93. The maximum atomic E-state index is 5.91. The van der Waals surface area contributed by atoms with E-state index in [0.29, 0.717) is 6.10 Å². The fraction of sp³-hybridized carbons (Fsp3) is 0.615. The normalized spacial score (nSPS) is 18.6. The molecule has 0 N–H and O–H groups in total. The van der Waals surface area contributed by atoms with Crippen molar-refractivity contribution in [2.24, 2.45) is 0 Å². The zero-order valence-electron chi connectivity index (χ0n) is 10.1. The average Bonchev–Trinajstić information content (AvgIpc) is 2.32. The first-order chi connectivity index (χ1) is 7.78. The summed E-state index contributed by atoms with van der Waals surface area (Å²) in [5.74, 6) is 0.786. The number of rotatable bonds is 3. The van der Waals surface area contributed by atoms with Crippen LogP contribution < -0.4 is 4.74 Å². The molecule has 1 saturated heterocycles. The summed E-state index contributed by atoms with van der Waals surface area (Å²) in [5, 5.41) is 0. The third-order valence-corrected chi connectivity index (χ3v) is 3.16. The monoisotopic (exact) mass is 220 g/mol. The highest BCUT2D eigenvalue weighted by molar-refractivity contribution is 5.20. The molecule has 2 rings (SSSR count). The predicted octanol–water partition coefficient (Wildman–Crippen LogP) is 2.12. The van der Waals surface area contributed by atoms with Gasteiger partial charge >= 0.3 is 0 Å². The average molecular weight is 220 g/mol. The lowest BCUT2D eigenvalue weighted by atomic mass is 10.1. The van der Waals surface area contributed by atoms with Gasteiger partial charge in [0.2, 0.25) is 5.88 Å². The Bertz CT molecular complexity index is 332. The lowest BCUT2D eigenvalue weighted by Crippen LogP contribution is -2.35. The second kappa shape index (κ2) is 5.30. The summed E-state index contributed by atoms with van der Waals surface area (Å²) in [5.41, 5.74) is 1.29. The molecule has 16 heavy (non-hydrogen) atoms. The Morgan fingerprint density at radius 1 is 1.44 bits per heavy atom. The molecule has 2 heterocycles. The van der Waals surface area contributed by atoms with Gasteiger partial charge in [-0.05, 0) is 37.9 Å². The predicted molar refractivity (Wildman–Crippen MR) is 64.8 cm³/mol. The van der Waals surface area contributed by atoms with E-state index >= 15 is 0 Å².